The summed E-state index contributed by atoms with van der Waals surface area (Å²) in [5.74, 6) is 6.82. The second-order valence-electron chi connectivity index (χ2n) is 10.7. The first kappa shape index (κ1) is 19.2. The first-order valence-corrected chi connectivity index (χ1v) is 11.7. The van der Waals surface area contributed by atoms with Gasteiger partial charge in [0.25, 0.3) is 0 Å². The molecule has 26 heavy (non-hydrogen) atoms. The quantitative estimate of drug-likeness (QED) is 0.682. The van der Waals surface area contributed by atoms with Crippen molar-refractivity contribution in [2.45, 2.75) is 90.6 Å². The maximum Gasteiger partial charge on any atom is 0.0776 e. The fourth-order valence-corrected chi connectivity index (χ4v) is 8.41. The van der Waals surface area contributed by atoms with E-state index in [2.05, 4.69) is 13.8 Å². The molecule has 2 nitrogen and oxygen atoms in total. The molecule has 4 rings (SSSR count). The lowest BCUT2D eigenvalue weighted by Gasteiger charge is -2.56. The monoisotopic (exact) mass is 362 g/mol. The highest BCUT2D eigenvalue weighted by Crippen LogP contribution is 2.65. The Labute approximate surface area is 161 Å². The summed E-state index contributed by atoms with van der Waals surface area (Å²) in [6.07, 6.45) is 15.4. The number of aliphatic hydroxyl groups excluding tert-OH is 1. The zero-order valence-electron chi connectivity index (χ0n) is 17.5. The Kier molecular flexibility index (Phi) is 5.73. The third-order valence-electron chi connectivity index (χ3n) is 9.75. The number of ether oxygens (including phenoxy) is 1. The van der Waals surface area contributed by atoms with Gasteiger partial charge in [-0.05, 0) is 105 Å². The molecule has 4 fully saturated rings. The van der Waals surface area contributed by atoms with Gasteiger partial charge in [0.05, 0.1) is 12.7 Å². The lowest BCUT2D eigenvalue weighted by molar-refractivity contribution is -0.0744. The molecule has 9 atom stereocenters. The van der Waals surface area contributed by atoms with E-state index in [1.54, 1.807) is 7.11 Å². The number of aliphatic hydroxyl groups is 1. The summed E-state index contributed by atoms with van der Waals surface area (Å²) in [6.45, 7) is 5.50. The maximum absolute atomic E-state index is 10.3. The van der Waals surface area contributed by atoms with Gasteiger partial charge in [-0.25, -0.2) is 0 Å². The van der Waals surface area contributed by atoms with Crippen LogP contribution in [0.2, 0.25) is 0 Å². The zero-order valence-corrected chi connectivity index (χ0v) is 17.5. The van der Waals surface area contributed by atoms with E-state index in [-0.39, 0.29) is 6.10 Å². The highest BCUT2D eigenvalue weighted by molar-refractivity contribution is 5.06. The van der Waals surface area contributed by atoms with Gasteiger partial charge in [-0.1, -0.05) is 26.7 Å². The molecule has 150 valence electrons. The summed E-state index contributed by atoms with van der Waals surface area (Å²) in [4.78, 5) is 0. The van der Waals surface area contributed by atoms with Crippen molar-refractivity contribution in [3.05, 3.63) is 0 Å². The number of methoxy groups -OCH3 is 1. The van der Waals surface area contributed by atoms with Crippen LogP contribution in [0, 0.1) is 46.8 Å². The number of hydrogen-bond acceptors (Lipinski definition) is 2. The van der Waals surface area contributed by atoms with Crippen LogP contribution in [0.15, 0.2) is 0 Å². The molecule has 2 heteroatoms. The Morgan fingerprint density at radius 1 is 1.00 bits per heavy atom. The minimum Gasteiger partial charge on any atom is -0.391 e. The van der Waals surface area contributed by atoms with E-state index in [9.17, 15) is 5.11 Å². The normalized spacial score (nSPS) is 49.2. The van der Waals surface area contributed by atoms with E-state index in [4.69, 9.17) is 4.74 Å². The second-order valence-corrected chi connectivity index (χ2v) is 10.7. The van der Waals surface area contributed by atoms with Crippen LogP contribution in [-0.4, -0.2) is 24.9 Å². The molecule has 4 saturated carbocycles. The molecule has 1 N–H and O–H groups in total. The Bertz CT molecular complexity index is 477. The van der Waals surface area contributed by atoms with Crippen LogP contribution in [-0.2, 0) is 4.74 Å². The standard InChI is InChI=1S/C24H42O2/c1-4-16-5-8-20-17(13-16)6-9-22-21(20)11-12-24(2)18(7-10-23(22)24)14-19(25)15-26-3/h16-23,25H,4-15H2,1-3H3. The summed E-state index contributed by atoms with van der Waals surface area (Å²) < 4.78 is 5.20. The minimum atomic E-state index is -0.265. The van der Waals surface area contributed by atoms with Crippen LogP contribution in [0.25, 0.3) is 0 Å². The average molecular weight is 363 g/mol. The maximum atomic E-state index is 10.3. The van der Waals surface area contributed by atoms with Gasteiger partial charge in [-0.2, -0.15) is 0 Å². The molecule has 0 aromatic carbocycles. The SMILES string of the molecule is CCC1CCC2C(CCC3C2CCC2(C)C(CC(O)COC)CCC32)C1. The lowest BCUT2D eigenvalue weighted by atomic mass is 9.49. The van der Waals surface area contributed by atoms with Crippen LogP contribution in [0.1, 0.15) is 84.5 Å². The molecule has 4 aliphatic carbocycles. The van der Waals surface area contributed by atoms with Crippen LogP contribution in [0.5, 0.6) is 0 Å². The summed E-state index contributed by atoms with van der Waals surface area (Å²) in [7, 11) is 1.71. The number of rotatable bonds is 5. The van der Waals surface area contributed by atoms with E-state index < -0.39 is 0 Å². The summed E-state index contributed by atoms with van der Waals surface area (Å²) in [6, 6.07) is 0. The molecule has 0 bridgehead atoms. The molecule has 4 aliphatic rings. The zero-order chi connectivity index (χ0) is 18.3. The van der Waals surface area contributed by atoms with Crippen molar-refractivity contribution in [1.82, 2.24) is 0 Å². The van der Waals surface area contributed by atoms with E-state index in [1.807, 2.05) is 0 Å². The Morgan fingerprint density at radius 2 is 1.81 bits per heavy atom. The van der Waals surface area contributed by atoms with E-state index in [1.165, 1.54) is 64.2 Å². The van der Waals surface area contributed by atoms with Gasteiger partial charge in [-0.3, -0.25) is 0 Å². The van der Waals surface area contributed by atoms with Crippen molar-refractivity contribution in [3.8, 4) is 0 Å². The van der Waals surface area contributed by atoms with Gasteiger partial charge in [-0.15, -0.1) is 0 Å². The predicted molar refractivity (Wildman–Crippen MR) is 107 cm³/mol. The fraction of sp³-hybridized carbons (Fsp3) is 1.00. The van der Waals surface area contributed by atoms with Crippen LogP contribution in [0.3, 0.4) is 0 Å². The number of fused-ring (bicyclic) bond motifs is 5. The van der Waals surface area contributed by atoms with Crippen molar-refractivity contribution >= 4 is 0 Å². The van der Waals surface area contributed by atoms with E-state index in [0.29, 0.717) is 17.9 Å². The third-order valence-corrected chi connectivity index (χ3v) is 9.75. The van der Waals surface area contributed by atoms with Crippen molar-refractivity contribution in [2.24, 2.45) is 46.8 Å². The lowest BCUT2D eigenvalue weighted by Crippen LogP contribution is -2.48. The molecule has 9 unspecified atom stereocenters. The average Bonchev–Trinajstić information content (AvgIpc) is 2.97. The molecule has 0 radical (unpaired) electrons. The molecule has 0 spiro atoms. The number of hydrogen-bond donors (Lipinski definition) is 1. The fourth-order valence-electron chi connectivity index (χ4n) is 8.41. The van der Waals surface area contributed by atoms with Crippen molar-refractivity contribution in [2.75, 3.05) is 13.7 Å². The largest absolute Gasteiger partial charge is 0.391 e. The molecule has 0 amide bonds. The van der Waals surface area contributed by atoms with Gasteiger partial charge in [0.1, 0.15) is 0 Å². The van der Waals surface area contributed by atoms with Crippen molar-refractivity contribution in [1.29, 1.82) is 0 Å². The summed E-state index contributed by atoms with van der Waals surface area (Å²) in [5, 5.41) is 10.3. The minimum absolute atomic E-state index is 0.265. The molecule has 0 heterocycles. The summed E-state index contributed by atoms with van der Waals surface area (Å²) in [5.41, 5.74) is 0.489. The Morgan fingerprint density at radius 3 is 2.58 bits per heavy atom. The highest BCUT2D eigenvalue weighted by Gasteiger charge is 2.56. The van der Waals surface area contributed by atoms with Gasteiger partial charge in [0, 0.05) is 7.11 Å². The van der Waals surface area contributed by atoms with Gasteiger partial charge >= 0.3 is 0 Å². The van der Waals surface area contributed by atoms with E-state index in [0.717, 1.165) is 41.9 Å². The summed E-state index contributed by atoms with van der Waals surface area (Å²) >= 11 is 0. The van der Waals surface area contributed by atoms with Crippen LogP contribution >= 0.6 is 0 Å². The Balaban J connectivity index is 1.44. The molecule has 0 aliphatic heterocycles. The van der Waals surface area contributed by atoms with Gasteiger partial charge in [0.15, 0.2) is 0 Å². The topological polar surface area (TPSA) is 29.5 Å². The van der Waals surface area contributed by atoms with Gasteiger partial charge < -0.3 is 9.84 Å². The molecule has 0 aromatic heterocycles. The molecular formula is C24H42O2. The second kappa shape index (κ2) is 7.74. The molecule has 0 saturated heterocycles. The van der Waals surface area contributed by atoms with E-state index >= 15 is 0 Å². The first-order valence-electron chi connectivity index (χ1n) is 11.7. The van der Waals surface area contributed by atoms with Crippen molar-refractivity contribution < 1.29 is 9.84 Å². The molecular weight excluding hydrogens is 320 g/mol. The van der Waals surface area contributed by atoms with Crippen molar-refractivity contribution in [3.63, 3.8) is 0 Å². The predicted octanol–water partition coefficient (Wildman–Crippen LogP) is 5.68. The molecule has 0 aromatic rings. The first-order chi connectivity index (χ1) is 12.6. The Hall–Kier alpha value is -0.0800. The highest BCUT2D eigenvalue weighted by atomic mass is 16.5. The smallest absolute Gasteiger partial charge is 0.0776 e. The van der Waals surface area contributed by atoms with Crippen LogP contribution < -0.4 is 0 Å². The van der Waals surface area contributed by atoms with Gasteiger partial charge in [0.2, 0.25) is 0 Å². The van der Waals surface area contributed by atoms with Crippen LogP contribution in [0.4, 0.5) is 0 Å². The third kappa shape index (κ3) is 3.28.